The van der Waals surface area contributed by atoms with Crippen molar-refractivity contribution in [3.05, 3.63) is 34.6 Å². The molecule has 0 amide bonds. The second-order valence-corrected chi connectivity index (χ2v) is 6.18. The first-order valence-electron chi connectivity index (χ1n) is 4.95. The van der Waals surface area contributed by atoms with Gasteiger partial charge in [0.2, 0.25) is 10.0 Å². The van der Waals surface area contributed by atoms with Gasteiger partial charge >= 0.3 is 0 Å². The van der Waals surface area contributed by atoms with Crippen LogP contribution in [0.1, 0.15) is 5.82 Å². The van der Waals surface area contributed by atoms with Crippen LogP contribution in [-0.2, 0) is 23.6 Å². The van der Waals surface area contributed by atoms with Gasteiger partial charge in [0.05, 0.1) is 11.4 Å². The summed E-state index contributed by atoms with van der Waals surface area (Å²) in [6.07, 6.45) is 0. The Morgan fingerprint density at radius 1 is 1.33 bits per heavy atom. The van der Waals surface area contributed by atoms with E-state index >= 15 is 0 Å². The summed E-state index contributed by atoms with van der Waals surface area (Å²) in [6.45, 7) is 0.0435. The fourth-order valence-electron chi connectivity index (χ4n) is 1.25. The molecule has 9 heteroatoms. The van der Waals surface area contributed by atoms with Gasteiger partial charge in [0.25, 0.3) is 0 Å². The number of nitrogens with one attached hydrogen (secondary N) is 1. The first-order valence-corrected chi connectivity index (χ1v) is 7.23. The van der Waals surface area contributed by atoms with Gasteiger partial charge < -0.3 is 0 Å². The standard InChI is InChI=1S/C9H10BrN5O2S/c1-15-9(12-13-14-15)6-11-18(16,17)8-4-2-7(10)3-5-8/h2-5,11H,6H2,1H3. The van der Waals surface area contributed by atoms with Crippen LogP contribution in [0.25, 0.3) is 0 Å². The monoisotopic (exact) mass is 331 g/mol. The van der Waals surface area contributed by atoms with Crippen molar-refractivity contribution >= 4 is 26.0 Å². The van der Waals surface area contributed by atoms with Crippen molar-refractivity contribution in [3.8, 4) is 0 Å². The number of sulfonamides is 1. The summed E-state index contributed by atoms with van der Waals surface area (Å²) in [5, 5.41) is 10.7. The SMILES string of the molecule is Cn1nnnc1CNS(=O)(=O)c1ccc(Br)cc1. The molecule has 1 aromatic carbocycles. The maximum atomic E-state index is 11.9. The van der Waals surface area contributed by atoms with E-state index in [1.807, 2.05) is 0 Å². The van der Waals surface area contributed by atoms with Crippen molar-refractivity contribution in [2.24, 2.45) is 7.05 Å². The number of hydrogen-bond donors (Lipinski definition) is 1. The lowest BCUT2D eigenvalue weighted by Gasteiger charge is -2.05. The van der Waals surface area contributed by atoms with Crippen molar-refractivity contribution in [1.82, 2.24) is 24.9 Å². The quantitative estimate of drug-likeness (QED) is 0.878. The molecule has 0 bridgehead atoms. The molecule has 0 fully saturated rings. The van der Waals surface area contributed by atoms with Gasteiger partial charge in [-0.3, -0.25) is 0 Å². The van der Waals surface area contributed by atoms with Crippen LogP contribution >= 0.6 is 15.9 Å². The van der Waals surface area contributed by atoms with Crippen LogP contribution in [0.2, 0.25) is 0 Å². The molecule has 0 aliphatic rings. The predicted octanol–water partition coefficient (Wildman–Crippen LogP) is 0.451. The van der Waals surface area contributed by atoms with Crippen LogP contribution < -0.4 is 4.72 Å². The Balaban J connectivity index is 2.13. The van der Waals surface area contributed by atoms with E-state index in [-0.39, 0.29) is 11.4 Å². The molecule has 1 aromatic heterocycles. The molecule has 0 unspecified atom stereocenters. The van der Waals surface area contributed by atoms with E-state index in [1.165, 1.54) is 16.8 Å². The number of rotatable bonds is 4. The lowest BCUT2D eigenvalue weighted by Crippen LogP contribution is -2.24. The van der Waals surface area contributed by atoms with Crippen molar-refractivity contribution in [1.29, 1.82) is 0 Å². The lowest BCUT2D eigenvalue weighted by molar-refractivity contribution is 0.575. The summed E-state index contributed by atoms with van der Waals surface area (Å²) >= 11 is 3.25. The molecule has 0 radical (unpaired) electrons. The van der Waals surface area contributed by atoms with Crippen LogP contribution in [-0.4, -0.2) is 28.6 Å². The van der Waals surface area contributed by atoms with Gasteiger partial charge in [0, 0.05) is 11.5 Å². The van der Waals surface area contributed by atoms with Crippen LogP contribution in [0, 0.1) is 0 Å². The minimum atomic E-state index is -3.55. The molecular formula is C9H10BrN5O2S. The van der Waals surface area contributed by atoms with Gasteiger partial charge in [-0.05, 0) is 34.7 Å². The Hall–Kier alpha value is -1.32. The zero-order valence-corrected chi connectivity index (χ0v) is 11.8. The van der Waals surface area contributed by atoms with Gasteiger partial charge in [-0.1, -0.05) is 15.9 Å². The average Bonchev–Trinajstić information content (AvgIpc) is 2.73. The second kappa shape index (κ2) is 5.12. The van der Waals surface area contributed by atoms with Gasteiger partial charge in [-0.2, -0.15) is 0 Å². The number of halogens is 1. The molecule has 1 N–H and O–H groups in total. The van der Waals surface area contributed by atoms with Crippen molar-refractivity contribution in [2.45, 2.75) is 11.4 Å². The zero-order chi connectivity index (χ0) is 13.2. The summed E-state index contributed by atoms with van der Waals surface area (Å²) in [5.74, 6) is 0.440. The molecule has 18 heavy (non-hydrogen) atoms. The van der Waals surface area contributed by atoms with Crippen LogP contribution in [0.5, 0.6) is 0 Å². The fourth-order valence-corrected chi connectivity index (χ4v) is 2.50. The van der Waals surface area contributed by atoms with E-state index in [0.717, 1.165) is 4.47 Å². The molecule has 2 rings (SSSR count). The van der Waals surface area contributed by atoms with E-state index in [1.54, 1.807) is 19.2 Å². The van der Waals surface area contributed by atoms with Crippen LogP contribution in [0.15, 0.2) is 33.6 Å². The number of aromatic nitrogens is 4. The third-order valence-corrected chi connectivity index (χ3v) is 4.20. The molecule has 7 nitrogen and oxygen atoms in total. The Morgan fingerprint density at radius 3 is 2.56 bits per heavy atom. The predicted molar refractivity (Wildman–Crippen MR) is 67.0 cm³/mol. The first kappa shape index (κ1) is 13.1. The van der Waals surface area contributed by atoms with E-state index in [0.29, 0.717) is 5.82 Å². The Bertz CT molecular complexity index is 637. The van der Waals surface area contributed by atoms with E-state index in [2.05, 4.69) is 36.2 Å². The third-order valence-electron chi connectivity index (χ3n) is 2.25. The first-order chi connectivity index (χ1) is 8.49. The largest absolute Gasteiger partial charge is 0.240 e. The second-order valence-electron chi connectivity index (χ2n) is 3.50. The molecule has 96 valence electrons. The average molecular weight is 332 g/mol. The normalized spacial score (nSPS) is 11.7. The number of aryl methyl sites for hydroxylation is 1. The highest BCUT2D eigenvalue weighted by Gasteiger charge is 2.14. The fraction of sp³-hybridized carbons (Fsp3) is 0.222. The molecule has 0 saturated carbocycles. The Labute approximate surface area is 112 Å². The summed E-state index contributed by atoms with van der Waals surface area (Å²) in [4.78, 5) is 0.195. The number of tetrazole rings is 1. The molecule has 0 aliphatic carbocycles. The maximum Gasteiger partial charge on any atom is 0.240 e. The van der Waals surface area contributed by atoms with Crippen molar-refractivity contribution < 1.29 is 8.42 Å². The highest BCUT2D eigenvalue weighted by atomic mass is 79.9. The number of benzene rings is 1. The molecule has 2 aromatic rings. The summed E-state index contributed by atoms with van der Waals surface area (Å²) in [6, 6.07) is 6.36. The zero-order valence-electron chi connectivity index (χ0n) is 9.41. The van der Waals surface area contributed by atoms with Crippen LogP contribution in [0.4, 0.5) is 0 Å². The topological polar surface area (TPSA) is 89.8 Å². The molecule has 0 atom stereocenters. The van der Waals surface area contributed by atoms with Gasteiger partial charge in [-0.15, -0.1) is 5.10 Å². The minimum Gasteiger partial charge on any atom is -0.231 e. The van der Waals surface area contributed by atoms with Gasteiger partial charge in [-0.25, -0.2) is 17.8 Å². The molecule has 0 spiro atoms. The Kier molecular flexibility index (Phi) is 3.73. The van der Waals surface area contributed by atoms with E-state index < -0.39 is 10.0 Å². The number of hydrogen-bond acceptors (Lipinski definition) is 5. The highest BCUT2D eigenvalue weighted by Crippen LogP contribution is 2.14. The summed E-state index contributed by atoms with van der Waals surface area (Å²) in [7, 11) is -1.91. The molecule has 0 aliphatic heterocycles. The van der Waals surface area contributed by atoms with Gasteiger partial charge in [0.15, 0.2) is 5.82 Å². The molecule has 0 saturated heterocycles. The van der Waals surface area contributed by atoms with E-state index in [4.69, 9.17) is 0 Å². The summed E-state index contributed by atoms with van der Waals surface area (Å²) < 4.78 is 28.5. The lowest BCUT2D eigenvalue weighted by atomic mass is 10.4. The van der Waals surface area contributed by atoms with Crippen molar-refractivity contribution in [2.75, 3.05) is 0 Å². The third kappa shape index (κ3) is 2.92. The van der Waals surface area contributed by atoms with Gasteiger partial charge in [0.1, 0.15) is 0 Å². The Morgan fingerprint density at radius 2 is 2.00 bits per heavy atom. The molecular weight excluding hydrogens is 322 g/mol. The minimum absolute atomic E-state index is 0.0435. The van der Waals surface area contributed by atoms with E-state index in [9.17, 15) is 8.42 Å². The van der Waals surface area contributed by atoms with Crippen LogP contribution in [0.3, 0.4) is 0 Å². The number of nitrogens with zero attached hydrogens (tertiary/aromatic N) is 4. The summed E-state index contributed by atoms with van der Waals surface area (Å²) in [5.41, 5.74) is 0. The molecule has 1 heterocycles. The highest BCUT2D eigenvalue weighted by molar-refractivity contribution is 9.10. The smallest absolute Gasteiger partial charge is 0.231 e. The van der Waals surface area contributed by atoms with Crippen molar-refractivity contribution in [3.63, 3.8) is 0 Å². The maximum absolute atomic E-state index is 11.9.